The van der Waals surface area contributed by atoms with Gasteiger partial charge >= 0.3 is 0 Å². The zero-order valence-electron chi connectivity index (χ0n) is 12.7. The Hall–Kier alpha value is -1.96. The highest BCUT2D eigenvalue weighted by atomic mass is 14.9. The van der Waals surface area contributed by atoms with Gasteiger partial charge in [-0.3, -0.25) is 0 Å². The minimum Gasteiger partial charge on any atom is -0.397 e. The summed E-state index contributed by atoms with van der Waals surface area (Å²) in [6.45, 7) is 3.13. The van der Waals surface area contributed by atoms with Crippen molar-refractivity contribution in [2.75, 3.05) is 17.6 Å². The van der Waals surface area contributed by atoms with Gasteiger partial charge in [-0.15, -0.1) is 0 Å². The van der Waals surface area contributed by atoms with Gasteiger partial charge in [0.05, 0.1) is 11.4 Å². The van der Waals surface area contributed by atoms with Crippen LogP contribution < -0.4 is 11.1 Å². The highest BCUT2D eigenvalue weighted by molar-refractivity contribution is 5.69. The molecule has 1 fully saturated rings. The lowest BCUT2D eigenvalue weighted by Crippen LogP contribution is -2.06. The van der Waals surface area contributed by atoms with Gasteiger partial charge in [0.25, 0.3) is 0 Å². The third-order valence-electron chi connectivity index (χ3n) is 4.26. The number of anilines is 2. The molecule has 0 unspecified atom stereocenters. The first kappa shape index (κ1) is 14.0. The fraction of sp³-hybridized carbons (Fsp3) is 0.368. The molecule has 110 valence electrons. The number of nitrogens with one attached hydrogen (secondary N) is 1. The number of aryl methyl sites for hydroxylation is 2. The predicted octanol–water partition coefficient (Wildman–Crippen LogP) is 4.50. The van der Waals surface area contributed by atoms with Crippen molar-refractivity contribution in [1.29, 1.82) is 0 Å². The van der Waals surface area contributed by atoms with Gasteiger partial charge in [0, 0.05) is 6.54 Å². The van der Waals surface area contributed by atoms with Gasteiger partial charge in [-0.2, -0.15) is 0 Å². The van der Waals surface area contributed by atoms with Gasteiger partial charge in [-0.05, 0) is 67.3 Å². The summed E-state index contributed by atoms with van der Waals surface area (Å²) in [6, 6.07) is 15.0. The molecule has 2 aromatic carbocycles. The SMILES string of the molecule is Cc1cc(N)c(NCCCc2ccccc2)cc1C1CC1. The molecule has 0 amide bonds. The molecule has 0 bridgehead atoms. The van der Waals surface area contributed by atoms with Crippen molar-refractivity contribution in [3.8, 4) is 0 Å². The van der Waals surface area contributed by atoms with Gasteiger partial charge in [-0.1, -0.05) is 30.3 Å². The lowest BCUT2D eigenvalue weighted by atomic mass is 10.0. The highest BCUT2D eigenvalue weighted by Crippen LogP contribution is 2.43. The largest absolute Gasteiger partial charge is 0.397 e. The van der Waals surface area contributed by atoms with Crippen molar-refractivity contribution < 1.29 is 0 Å². The fourth-order valence-electron chi connectivity index (χ4n) is 2.89. The van der Waals surface area contributed by atoms with Crippen molar-refractivity contribution in [1.82, 2.24) is 0 Å². The second kappa shape index (κ2) is 6.21. The summed E-state index contributed by atoms with van der Waals surface area (Å²) in [6.07, 6.45) is 4.89. The maximum absolute atomic E-state index is 6.14. The fourth-order valence-corrected chi connectivity index (χ4v) is 2.89. The Morgan fingerprint density at radius 1 is 1.14 bits per heavy atom. The zero-order valence-corrected chi connectivity index (χ0v) is 12.7. The average Bonchev–Trinajstić information content (AvgIpc) is 3.31. The molecule has 2 heteroatoms. The van der Waals surface area contributed by atoms with Crippen LogP contribution in [-0.4, -0.2) is 6.54 Å². The lowest BCUT2D eigenvalue weighted by molar-refractivity contribution is 0.863. The van der Waals surface area contributed by atoms with E-state index in [0.717, 1.165) is 36.7 Å². The smallest absolute Gasteiger partial charge is 0.0576 e. The summed E-state index contributed by atoms with van der Waals surface area (Å²) in [5.41, 5.74) is 12.3. The summed E-state index contributed by atoms with van der Waals surface area (Å²) in [5.74, 6) is 0.774. The number of hydrogen-bond acceptors (Lipinski definition) is 2. The van der Waals surface area contributed by atoms with Crippen LogP contribution in [0.1, 0.15) is 41.9 Å². The Bertz CT molecular complexity index is 600. The Kier molecular flexibility index (Phi) is 4.14. The molecular formula is C19H24N2. The van der Waals surface area contributed by atoms with Crippen molar-refractivity contribution in [2.24, 2.45) is 0 Å². The maximum atomic E-state index is 6.14. The van der Waals surface area contributed by atoms with E-state index in [0.29, 0.717) is 0 Å². The minimum absolute atomic E-state index is 0.774. The Balaban J connectivity index is 1.56. The monoisotopic (exact) mass is 280 g/mol. The second-order valence-electron chi connectivity index (χ2n) is 6.09. The molecule has 0 spiro atoms. The molecule has 0 atom stereocenters. The van der Waals surface area contributed by atoms with Crippen LogP contribution in [0.2, 0.25) is 0 Å². The first-order valence-electron chi connectivity index (χ1n) is 7.92. The van der Waals surface area contributed by atoms with Gasteiger partial charge in [0.1, 0.15) is 0 Å². The first-order valence-corrected chi connectivity index (χ1v) is 7.92. The molecule has 2 aromatic rings. The Morgan fingerprint density at radius 3 is 2.62 bits per heavy atom. The van der Waals surface area contributed by atoms with E-state index in [4.69, 9.17) is 5.73 Å². The number of nitrogens with two attached hydrogens (primary N) is 1. The third kappa shape index (κ3) is 3.57. The van der Waals surface area contributed by atoms with E-state index < -0.39 is 0 Å². The van der Waals surface area contributed by atoms with E-state index in [1.807, 2.05) is 0 Å². The highest BCUT2D eigenvalue weighted by Gasteiger charge is 2.25. The summed E-state index contributed by atoms with van der Waals surface area (Å²) >= 11 is 0. The molecule has 3 rings (SSSR count). The molecule has 0 aliphatic heterocycles. The van der Waals surface area contributed by atoms with E-state index >= 15 is 0 Å². The van der Waals surface area contributed by atoms with Crippen molar-refractivity contribution in [2.45, 2.75) is 38.5 Å². The summed E-state index contributed by atoms with van der Waals surface area (Å²) < 4.78 is 0. The molecule has 0 saturated heterocycles. The topological polar surface area (TPSA) is 38.0 Å². The minimum atomic E-state index is 0.774. The van der Waals surface area contributed by atoms with Crippen LogP contribution >= 0.6 is 0 Å². The van der Waals surface area contributed by atoms with Crippen LogP contribution in [0.5, 0.6) is 0 Å². The predicted molar refractivity (Wildman–Crippen MR) is 90.8 cm³/mol. The zero-order chi connectivity index (χ0) is 14.7. The quantitative estimate of drug-likeness (QED) is 0.604. The lowest BCUT2D eigenvalue weighted by Gasteiger charge is -2.13. The first-order chi connectivity index (χ1) is 10.2. The number of hydrogen-bond donors (Lipinski definition) is 2. The van der Waals surface area contributed by atoms with E-state index in [-0.39, 0.29) is 0 Å². The third-order valence-corrected chi connectivity index (χ3v) is 4.26. The van der Waals surface area contributed by atoms with Crippen LogP contribution in [0.4, 0.5) is 11.4 Å². The van der Waals surface area contributed by atoms with E-state index in [1.54, 1.807) is 0 Å². The molecule has 1 aliphatic carbocycles. The van der Waals surface area contributed by atoms with Crippen LogP contribution in [0.15, 0.2) is 42.5 Å². The van der Waals surface area contributed by atoms with Crippen molar-refractivity contribution in [3.05, 3.63) is 59.2 Å². The summed E-state index contributed by atoms with van der Waals surface area (Å²) in [7, 11) is 0. The molecule has 0 heterocycles. The van der Waals surface area contributed by atoms with E-state index in [1.165, 1.54) is 29.5 Å². The maximum Gasteiger partial charge on any atom is 0.0576 e. The van der Waals surface area contributed by atoms with Crippen molar-refractivity contribution >= 4 is 11.4 Å². The molecule has 0 aromatic heterocycles. The summed E-state index contributed by atoms with van der Waals surface area (Å²) in [5, 5.41) is 3.51. The van der Waals surface area contributed by atoms with Crippen LogP contribution in [0.25, 0.3) is 0 Å². The molecule has 0 radical (unpaired) electrons. The number of benzene rings is 2. The molecule has 2 nitrogen and oxygen atoms in total. The van der Waals surface area contributed by atoms with Gasteiger partial charge < -0.3 is 11.1 Å². The average molecular weight is 280 g/mol. The molecule has 1 aliphatic rings. The van der Waals surface area contributed by atoms with Crippen LogP contribution in [0, 0.1) is 6.92 Å². The van der Waals surface area contributed by atoms with E-state index in [2.05, 4.69) is 54.7 Å². The number of rotatable bonds is 6. The Morgan fingerprint density at radius 2 is 1.90 bits per heavy atom. The number of nitrogen functional groups attached to an aromatic ring is 1. The van der Waals surface area contributed by atoms with Gasteiger partial charge in [-0.25, -0.2) is 0 Å². The van der Waals surface area contributed by atoms with E-state index in [9.17, 15) is 0 Å². The van der Waals surface area contributed by atoms with Crippen LogP contribution in [-0.2, 0) is 6.42 Å². The normalized spacial score (nSPS) is 14.1. The standard InChI is InChI=1S/C19H24N2/c1-14-12-18(20)19(13-17(14)16-9-10-16)21-11-5-8-15-6-3-2-4-7-15/h2-4,6-7,12-13,16,21H,5,8-11,20H2,1H3. The molecule has 3 N–H and O–H groups in total. The van der Waals surface area contributed by atoms with Crippen molar-refractivity contribution in [3.63, 3.8) is 0 Å². The second-order valence-corrected chi connectivity index (χ2v) is 6.09. The molecule has 1 saturated carbocycles. The molecular weight excluding hydrogens is 256 g/mol. The summed E-state index contributed by atoms with van der Waals surface area (Å²) in [4.78, 5) is 0. The van der Waals surface area contributed by atoms with Gasteiger partial charge in [0.2, 0.25) is 0 Å². The molecule has 21 heavy (non-hydrogen) atoms. The van der Waals surface area contributed by atoms with Crippen LogP contribution in [0.3, 0.4) is 0 Å². The Labute approximate surface area is 127 Å². The van der Waals surface area contributed by atoms with Gasteiger partial charge in [0.15, 0.2) is 0 Å².